The molecule has 0 aromatic carbocycles. The second-order valence-electron chi connectivity index (χ2n) is 4.50. The number of rotatable bonds is 4. The van der Waals surface area contributed by atoms with Gasteiger partial charge >= 0.3 is 0 Å². The van der Waals surface area contributed by atoms with Crippen LogP contribution in [0.25, 0.3) is 0 Å². The largest absolute Gasteiger partial charge is 0.381 e. The quantitative estimate of drug-likeness (QED) is 0.777. The second-order valence-corrected chi connectivity index (χ2v) is 4.50. The number of Topliss-reactive ketones (excluding diaryl/α,β-unsaturated/α-hetero) is 1. The van der Waals surface area contributed by atoms with E-state index < -0.39 is 5.41 Å². The van der Waals surface area contributed by atoms with Gasteiger partial charge < -0.3 is 10.5 Å². The van der Waals surface area contributed by atoms with Crippen LogP contribution < -0.4 is 5.73 Å². The summed E-state index contributed by atoms with van der Waals surface area (Å²) in [6.07, 6.45) is 3.18. The molecule has 2 rings (SSSR count). The third kappa shape index (κ3) is 2.37. The van der Waals surface area contributed by atoms with Crippen LogP contribution in [-0.2, 0) is 23.0 Å². The normalized spacial score (nSPS) is 19.2. The maximum absolute atomic E-state index is 12.4. The molecule has 0 unspecified atom stereocenters. The van der Waals surface area contributed by atoms with E-state index in [2.05, 4.69) is 10.1 Å². The van der Waals surface area contributed by atoms with Gasteiger partial charge in [-0.1, -0.05) is 0 Å². The van der Waals surface area contributed by atoms with Crippen LogP contribution in [0.15, 0.2) is 6.33 Å². The molecular weight excluding hydrogens is 220 g/mol. The monoisotopic (exact) mass is 238 g/mol. The lowest BCUT2D eigenvalue weighted by Gasteiger charge is -2.34. The number of carbonyl (C=O) groups excluding carboxylic acids is 1. The van der Waals surface area contributed by atoms with Crippen molar-refractivity contribution < 1.29 is 9.53 Å². The van der Waals surface area contributed by atoms with Gasteiger partial charge in [0.2, 0.25) is 0 Å². The molecule has 0 radical (unpaired) electrons. The van der Waals surface area contributed by atoms with Gasteiger partial charge in [-0.25, -0.2) is 4.98 Å². The van der Waals surface area contributed by atoms with Gasteiger partial charge in [0.25, 0.3) is 0 Å². The van der Waals surface area contributed by atoms with E-state index in [-0.39, 0.29) is 5.78 Å². The number of hydrogen-bond acceptors (Lipinski definition) is 5. The summed E-state index contributed by atoms with van der Waals surface area (Å²) in [5, 5.41) is 3.96. The van der Waals surface area contributed by atoms with Crippen LogP contribution in [0.1, 0.15) is 18.7 Å². The first-order valence-electron chi connectivity index (χ1n) is 5.82. The Morgan fingerprint density at radius 3 is 2.82 bits per heavy atom. The lowest BCUT2D eigenvalue weighted by molar-refractivity contribution is -0.133. The van der Waals surface area contributed by atoms with Gasteiger partial charge in [-0.05, 0) is 12.8 Å². The van der Waals surface area contributed by atoms with Crippen LogP contribution in [-0.4, -0.2) is 40.3 Å². The molecule has 1 aliphatic rings. The Morgan fingerprint density at radius 1 is 1.59 bits per heavy atom. The Bertz CT molecular complexity index is 396. The Morgan fingerprint density at radius 2 is 2.29 bits per heavy atom. The van der Waals surface area contributed by atoms with Crippen LogP contribution in [0.4, 0.5) is 0 Å². The summed E-state index contributed by atoms with van der Waals surface area (Å²) in [5.74, 6) is 0.841. The molecule has 2 heterocycles. The molecule has 0 spiro atoms. The van der Waals surface area contributed by atoms with Crippen LogP contribution >= 0.6 is 0 Å². The number of aromatic nitrogens is 3. The number of ether oxygens (including phenoxy) is 1. The number of hydrogen-bond donors (Lipinski definition) is 1. The summed E-state index contributed by atoms with van der Waals surface area (Å²) in [4.78, 5) is 16.4. The number of aryl methyl sites for hydroxylation is 1. The maximum atomic E-state index is 12.4. The average molecular weight is 238 g/mol. The van der Waals surface area contributed by atoms with E-state index in [9.17, 15) is 4.79 Å². The van der Waals surface area contributed by atoms with Gasteiger partial charge in [-0.15, -0.1) is 0 Å². The Balaban J connectivity index is 2.10. The molecule has 6 nitrogen and oxygen atoms in total. The Hall–Kier alpha value is -1.27. The minimum atomic E-state index is -0.426. The molecule has 0 saturated carbocycles. The van der Waals surface area contributed by atoms with E-state index in [4.69, 9.17) is 10.5 Å². The number of ketones is 1. The van der Waals surface area contributed by atoms with Crippen LogP contribution in [0.2, 0.25) is 0 Å². The lowest BCUT2D eigenvalue weighted by Crippen LogP contribution is -2.44. The van der Waals surface area contributed by atoms with E-state index in [0.717, 1.165) is 0 Å². The van der Waals surface area contributed by atoms with E-state index in [1.54, 1.807) is 11.7 Å². The number of nitrogens with two attached hydrogens (primary N) is 1. The smallest absolute Gasteiger partial charge is 0.148 e. The zero-order valence-corrected chi connectivity index (χ0v) is 10.1. The Kier molecular flexibility index (Phi) is 3.54. The number of carbonyl (C=O) groups is 1. The van der Waals surface area contributed by atoms with Crippen molar-refractivity contribution in [2.45, 2.75) is 19.3 Å². The molecule has 1 aliphatic heterocycles. The van der Waals surface area contributed by atoms with E-state index >= 15 is 0 Å². The fourth-order valence-electron chi connectivity index (χ4n) is 2.17. The maximum Gasteiger partial charge on any atom is 0.148 e. The molecule has 0 atom stereocenters. The summed E-state index contributed by atoms with van der Waals surface area (Å²) < 4.78 is 6.92. The molecule has 17 heavy (non-hydrogen) atoms. The molecule has 94 valence electrons. The summed E-state index contributed by atoms with van der Waals surface area (Å²) in [5.41, 5.74) is 5.36. The summed E-state index contributed by atoms with van der Waals surface area (Å²) in [7, 11) is 1.79. The highest BCUT2D eigenvalue weighted by atomic mass is 16.5. The molecule has 1 aromatic heterocycles. The number of nitrogens with zero attached hydrogens (tertiary/aromatic N) is 3. The third-order valence-corrected chi connectivity index (χ3v) is 3.56. The highest BCUT2D eigenvalue weighted by Crippen LogP contribution is 2.31. The Labute approximate surface area is 100 Å². The zero-order valence-electron chi connectivity index (χ0n) is 10.1. The summed E-state index contributed by atoms with van der Waals surface area (Å²) in [6.45, 7) is 1.61. The molecule has 0 bridgehead atoms. The molecule has 6 heteroatoms. The molecule has 0 amide bonds. The van der Waals surface area contributed by atoms with Gasteiger partial charge in [0.15, 0.2) is 0 Å². The first-order valence-corrected chi connectivity index (χ1v) is 5.82. The third-order valence-electron chi connectivity index (χ3n) is 3.56. The van der Waals surface area contributed by atoms with Crippen LogP contribution in [0.5, 0.6) is 0 Å². The molecule has 1 fully saturated rings. The van der Waals surface area contributed by atoms with Gasteiger partial charge in [0.1, 0.15) is 17.9 Å². The molecule has 1 saturated heterocycles. The molecule has 0 aliphatic carbocycles. The second kappa shape index (κ2) is 4.93. The van der Waals surface area contributed by atoms with Crippen molar-refractivity contribution in [3.05, 3.63) is 12.2 Å². The minimum Gasteiger partial charge on any atom is -0.381 e. The van der Waals surface area contributed by atoms with E-state index in [0.29, 0.717) is 44.8 Å². The molecular formula is C11H18N4O2. The van der Waals surface area contributed by atoms with Crippen molar-refractivity contribution in [3.8, 4) is 0 Å². The first-order chi connectivity index (χ1) is 8.18. The lowest BCUT2D eigenvalue weighted by atomic mass is 9.75. The zero-order chi connectivity index (χ0) is 12.3. The van der Waals surface area contributed by atoms with E-state index in [1.165, 1.54) is 6.33 Å². The minimum absolute atomic E-state index is 0.152. The van der Waals surface area contributed by atoms with Crippen LogP contribution in [0, 0.1) is 5.41 Å². The highest BCUT2D eigenvalue weighted by Gasteiger charge is 2.38. The highest BCUT2D eigenvalue weighted by molar-refractivity contribution is 5.86. The summed E-state index contributed by atoms with van der Waals surface area (Å²) in [6, 6.07) is 0. The van der Waals surface area contributed by atoms with Crippen molar-refractivity contribution >= 4 is 5.78 Å². The standard InChI is InChI=1S/C11H18N4O2/c1-15-10(13-8-14-15)6-9(16)11(7-12)2-4-17-5-3-11/h8H,2-7,12H2,1H3. The first kappa shape index (κ1) is 12.2. The van der Waals surface area contributed by atoms with Gasteiger partial charge in [-0.2, -0.15) is 5.10 Å². The van der Waals surface area contributed by atoms with E-state index in [1.807, 2.05) is 0 Å². The summed E-state index contributed by atoms with van der Waals surface area (Å²) >= 11 is 0. The fraction of sp³-hybridized carbons (Fsp3) is 0.727. The predicted molar refractivity (Wildman–Crippen MR) is 61.3 cm³/mol. The van der Waals surface area contributed by atoms with Crippen molar-refractivity contribution in [2.75, 3.05) is 19.8 Å². The average Bonchev–Trinajstić information content (AvgIpc) is 2.76. The van der Waals surface area contributed by atoms with Crippen molar-refractivity contribution in [1.82, 2.24) is 14.8 Å². The SMILES string of the molecule is Cn1ncnc1CC(=O)C1(CN)CCOCC1. The van der Waals surface area contributed by atoms with Crippen molar-refractivity contribution in [1.29, 1.82) is 0 Å². The van der Waals surface area contributed by atoms with Crippen molar-refractivity contribution in [3.63, 3.8) is 0 Å². The van der Waals surface area contributed by atoms with Gasteiger partial charge in [-0.3, -0.25) is 9.48 Å². The van der Waals surface area contributed by atoms with Crippen molar-refractivity contribution in [2.24, 2.45) is 18.2 Å². The van der Waals surface area contributed by atoms with Gasteiger partial charge in [0, 0.05) is 32.2 Å². The topological polar surface area (TPSA) is 83.0 Å². The predicted octanol–water partition coefficient (Wildman–Crippen LogP) is -0.318. The fourth-order valence-corrected chi connectivity index (χ4v) is 2.17. The molecule has 1 aromatic rings. The van der Waals surface area contributed by atoms with Crippen LogP contribution in [0.3, 0.4) is 0 Å². The molecule has 2 N–H and O–H groups in total. The van der Waals surface area contributed by atoms with Gasteiger partial charge in [0.05, 0.1) is 6.42 Å².